The second-order valence-electron chi connectivity index (χ2n) is 12.2. The molecule has 0 aliphatic carbocycles. The fraction of sp³-hybridized carbons (Fsp3) is 0.742. The Hall–Kier alpha value is -3.24. The maximum atomic E-state index is 13.3. The number of rotatable bonds is 28. The average molecular weight is 825 g/mol. The first kappa shape index (κ1) is 45.9. The molecule has 0 spiro atoms. The van der Waals surface area contributed by atoms with Crippen molar-refractivity contribution in [2.45, 2.75) is 79.4 Å². The molecule has 9 N–H and O–H groups in total. The number of nitrogens with zero attached hydrogens (tertiary/aromatic N) is 1. The summed E-state index contributed by atoms with van der Waals surface area (Å²) < 4.78 is 9.49. The summed E-state index contributed by atoms with van der Waals surface area (Å²) in [5.74, 6) is -3.22. The minimum Gasteiger partial charge on any atom is -0.453 e. The summed E-state index contributed by atoms with van der Waals surface area (Å²) in [6.07, 6.45) is 3.27. The van der Waals surface area contributed by atoms with Crippen molar-refractivity contribution in [2.75, 3.05) is 53.5 Å². The minimum absolute atomic E-state index is 0.141. The Morgan fingerprint density at radius 2 is 1.06 bits per heavy atom. The van der Waals surface area contributed by atoms with Gasteiger partial charge in [-0.3, -0.25) is 28.8 Å². The Morgan fingerprint density at radius 3 is 1.49 bits per heavy atom. The lowest BCUT2D eigenvalue weighted by molar-refractivity contribution is -0.139. The first-order chi connectivity index (χ1) is 25.4. The molecule has 0 bridgehead atoms. The fourth-order valence-corrected chi connectivity index (χ4v) is 8.80. The van der Waals surface area contributed by atoms with Crippen LogP contribution in [0.3, 0.4) is 0 Å². The van der Waals surface area contributed by atoms with Crippen molar-refractivity contribution < 1.29 is 47.8 Å². The molecule has 2 fully saturated rings. The number of carbonyl (C=O) groups is 8. The molecular formula is C31H52N8O10S4. The molecule has 8 amide bonds. The average Bonchev–Trinajstić information content (AvgIpc) is 4.05. The Labute approximate surface area is 325 Å². The van der Waals surface area contributed by atoms with Gasteiger partial charge >= 0.3 is 12.2 Å². The van der Waals surface area contributed by atoms with Crippen molar-refractivity contribution in [3.8, 4) is 0 Å². The number of carbonyl (C=O) groups excluding carboxylic acids is 8. The van der Waals surface area contributed by atoms with Crippen LogP contribution >= 0.6 is 43.2 Å². The van der Waals surface area contributed by atoms with Gasteiger partial charge < -0.3 is 52.4 Å². The van der Waals surface area contributed by atoms with Crippen LogP contribution in [0.5, 0.6) is 0 Å². The monoisotopic (exact) mass is 824 g/mol. The summed E-state index contributed by atoms with van der Waals surface area (Å²) in [4.78, 5) is 99.4. The van der Waals surface area contributed by atoms with Gasteiger partial charge in [0.1, 0.15) is 19.1 Å². The van der Waals surface area contributed by atoms with Crippen LogP contribution in [0.2, 0.25) is 0 Å². The first-order valence-corrected chi connectivity index (χ1v) is 21.9. The zero-order valence-corrected chi connectivity index (χ0v) is 33.3. The molecular weight excluding hydrogens is 773 g/mol. The summed E-state index contributed by atoms with van der Waals surface area (Å²) in [6.45, 7) is -0.0365. The lowest BCUT2D eigenvalue weighted by atomic mass is 10.0. The summed E-state index contributed by atoms with van der Waals surface area (Å²) in [5, 5.41) is 13.1. The molecule has 0 aromatic rings. The largest absolute Gasteiger partial charge is 0.453 e. The van der Waals surface area contributed by atoms with E-state index < -0.39 is 54.9 Å². The number of hydrogen-bond donors (Lipinski definition) is 7. The maximum Gasteiger partial charge on any atom is 0.407 e. The SMILES string of the molecule is COC(=O)NCCCCC(NC(=O)OC)C(=O)NCCC(=O)N(CC(=O)NCCCCC(C(N)=O)C1SS1)CC(=O)NCCCCC(C(N)=O)C1SS1. The number of hydrogen-bond acceptors (Lipinski definition) is 14. The lowest BCUT2D eigenvalue weighted by Gasteiger charge is -2.23. The molecule has 0 aromatic carbocycles. The van der Waals surface area contributed by atoms with Crippen molar-refractivity contribution in [2.24, 2.45) is 23.3 Å². The van der Waals surface area contributed by atoms with E-state index in [4.69, 9.17) is 11.5 Å². The van der Waals surface area contributed by atoms with Crippen LogP contribution in [0.25, 0.3) is 0 Å². The maximum absolute atomic E-state index is 13.3. The zero-order chi connectivity index (χ0) is 39.2. The molecule has 18 nitrogen and oxygen atoms in total. The van der Waals surface area contributed by atoms with Gasteiger partial charge in [-0.05, 0) is 44.9 Å². The van der Waals surface area contributed by atoms with E-state index in [0.29, 0.717) is 71.0 Å². The quantitative estimate of drug-likeness (QED) is 0.0327. The van der Waals surface area contributed by atoms with Crippen molar-refractivity contribution in [3.63, 3.8) is 0 Å². The van der Waals surface area contributed by atoms with Gasteiger partial charge in [0.15, 0.2) is 0 Å². The van der Waals surface area contributed by atoms with Crippen LogP contribution < -0.4 is 38.1 Å². The Kier molecular flexibility index (Phi) is 22.3. The number of ether oxygens (including phenoxy) is 2. The molecule has 2 aliphatic rings. The number of nitrogens with two attached hydrogens (primary N) is 2. The van der Waals surface area contributed by atoms with Crippen LogP contribution in [0, 0.1) is 11.8 Å². The van der Waals surface area contributed by atoms with E-state index in [1.165, 1.54) is 7.11 Å². The highest BCUT2D eigenvalue weighted by molar-refractivity contribution is 8.93. The van der Waals surface area contributed by atoms with Gasteiger partial charge in [-0.15, -0.1) is 0 Å². The van der Waals surface area contributed by atoms with E-state index in [0.717, 1.165) is 12.0 Å². The molecule has 0 saturated carbocycles. The van der Waals surface area contributed by atoms with E-state index >= 15 is 0 Å². The van der Waals surface area contributed by atoms with Crippen molar-refractivity contribution in [3.05, 3.63) is 0 Å². The lowest BCUT2D eigenvalue weighted by Crippen LogP contribution is -2.49. The minimum atomic E-state index is -0.983. The molecule has 2 heterocycles. The van der Waals surface area contributed by atoms with Gasteiger partial charge in [0.2, 0.25) is 35.4 Å². The molecule has 0 aromatic heterocycles. The van der Waals surface area contributed by atoms with E-state index in [9.17, 15) is 38.4 Å². The predicted octanol–water partition coefficient (Wildman–Crippen LogP) is 0.790. The van der Waals surface area contributed by atoms with E-state index in [1.54, 1.807) is 43.2 Å². The van der Waals surface area contributed by atoms with Gasteiger partial charge in [0, 0.05) is 32.6 Å². The standard InChI is InChI=1S/C31H52N8O10S4/c1-48-30(46)37-15-8-5-11-21(38-31(47)49-2)27(45)36-16-12-24(42)39(17-22(40)34-13-6-3-9-19(25(32)43)28-50-51-28)18-23(41)35-14-7-4-10-20(26(33)44)29-52-53-29/h19-21,28-29H,3-18H2,1-2H3,(H2,32,43)(H2,33,44)(H,34,40)(H,35,41)(H,36,45)(H,37,46)(H,38,47). The smallest absolute Gasteiger partial charge is 0.407 e. The van der Waals surface area contributed by atoms with Gasteiger partial charge in [-0.1, -0.05) is 56.0 Å². The van der Waals surface area contributed by atoms with Crippen LogP contribution in [-0.4, -0.2) is 121 Å². The fourth-order valence-electron chi connectivity index (χ4n) is 5.06. The number of nitrogens with one attached hydrogen (secondary N) is 5. The third kappa shape index (κ3) is 20.1. The summed E-state index contributed by atoms with van der Waals surface area (Å²) in [5.41, 5.74) is 11.0. The predicted molar refractivity (Wildman–Crippen MR) is 205 cm³/mol. The Balaban J connectivity index is 1.88. The normalized spacial score (nSPS) is 15.1. The van der Waals surface area contributed by atoms with Crippen LogP contribution in [0.4, 0.5) is 9.59 Å². The molecule has 3 atom stereocenters. The van der Waals surface area contributed by atoms with Crippen molar-refractivity contribution >= 4 is 90.8 Å². The molecule has 3 unspecified atom stereocenters. The van der Waals surface area contributed by atoms with E-state index in [1.807, 2.05) is 0 Å². The van der Waals surface area contributed by atoms with Crippen LogP contribution in [-0.2, 0) is 38.2 Å². The number of amides is 8. The summed E-state index contributed by atoms with van der Waals surface area (Å²) >= 11 is 0. The second kappa shape index (κ2) is 25.7. The number of alkyl carbamates (subject to hydrolysis) is 2. The van der Waals surface area contributed by atoms with Gasteiger partial charge in [-0.25, -0.2) is 9.59 Å². The molecule has 300 valence electrons. The van der Waals surface area contributed by atoms with Crippen LogP contribution in [0.15, 0.2) is 0 Å². The number of primary amides is 2. The third-order valence-electron chi connectivity index (χ3n) is 8.16. The summed E-state index contributed by atoms with van der Waals surface area (Å²) in [6, 6.07) is -0.983. The summed E-state index contributed by atoms with van der Waals surface area (Å²) in [7, 11) is 8.86. The molecule has 2 aliphatic heterocycles. The first-order valence-electron chi connectivity index (χ1n) is 17.3. The highest BCUT2D eigenvalue weighted by atomic mass is 33.2. The highest BCUT2D eigenvalue weighted by Crippen LogP contribution is 2.58. The van der Waals surface area contributed by atoms with Gasteiger partial charge in [0.05, 0.1) is 35.2 Å². The molecule has 53 heavy (non-hydrogen) atoms. The second-order valence-corrected chi connectivity index (χ2v) is 17.9. The van der Waals surface area contributed by atoms with Crippen LogP contribution in [0.1, 0.15) is 64.2 Å². The highest BCUT2D eigenvalue weighted by Gasteiger charge is 2.38. The molecule has 22 heteroatoms. The topological polar surface area (TPSA) is 270 Å². The van der Waals surface area contributed by atoms with Gasteiger partial charge in [-0.2, -0.15) is 0 Å². The molecule has 2 rings (SSSR count). The van der Waals surface area contributed by atoms with E-state index in [2.05, 4.69) is 36.1 Å². The number of methoxy groups -OCH3 is 2. The molecule has 0 radical (unpaired) electrons. The third-order valence-corrected chi connectivity index (χ3v) is 12.8. The van der Waals surface area contributed by atoms with Crippen molar-refractivity contribution in [1.82, 2.24) is 31.5 Å². The zero-order valence-electron chi connectivity index (χ0n) is 30.0. The Morgan fingerprint density at radius 1 is 0.604 bits per heavy atom. The molecule has 2 saturated heterocycles. The Bertz CT molecular complexity index is 1210. The van der Waals surface area contributed by atoms with E-state index in [-0.39, 0.29) is 52.2 Å². The number of unbranched alkanes of at least 4 members (excludes halogenated alkanes) is 3. The van der Waals surface area contributed by atoms with Gasteiger partial charge in [0.25, 0.3) is 0 Å². The van der Waals surface area contributed by atoms with Crippen molar-refractivity contribution in [1.29, 1.82) is 0 Å².